The molecule has 23 heavy (non-hydrogen) atoms. The molecule has 0 saturated heterocycles. The van der Waals surface area contributed by atoms with Crippen molar-refractivity contribution in [2.45, 2.75) is 13.8 Å². The van der Waals surface area contributed by atoms with Gasteiger partial charge in [0, 0.05) is 13.1 Å². The fourth-order valence-electron chi connectivity index (χ4n) is 2.56. The molecule has 6 heteroatoms. The first-order valence-electron chi connectivity index (χ1n) is 7.52. The summed E-state index contributed by atoms with van der Waals surface area (Å²) in [5, 5.41) is 7.62. The van der Waals surface area contributed by atoms with Crippen LogP contribution in [0.3, 0.4) is 0 Å². The second-order valence-electron chi connectivity index (χ2n) is 6.68. The summed E-state index contributed by atoms with van der Waals surface area (Å²) < 4.78 is 1.30. The minimum absolute atomic E-state index is 0.0428. The molecule has 0 saturated carbocycles. The van der Waals surface area contributed by atoms with Gasteiger partial charge in [-0.05, 0) is 31.6 Å². The van der Waals surface area contributed by atoms with Gasteiger partial charge in [-0.3, -0.25) is 4.79 Å². The van der Waals surface area contributed by atoms with Crippen molar-refractivity contribution in [3.8, 4) is 5.69 Å². The lowest BCUT2D eigenvalue weighted by Crippen LogP contribution is -2.35. The molecule has 1 heterocycles. The SMILES string of the molecule is CN(C)CC(C)(C)CNc1cnn(-c2ccccc2)c(=O)c1Cl. The minimum atomic E-state index is -0.326. The smallest absolute Gasteiger partial charge is 0.292 e. The van der Waals surface area contributed by atoms with Crippen LogP contribution in [-0.2, 0) is 0 Å². The van der Waals surface area contributed by atoms with Crippen molar-refractivity contribution in [2.75, 3.05) is 32.5 Å². The fraction of sp³-hybridized carbons (Fsp3) is 0.412. The standard InChI is InChI=1S/C17H23ClN4O/c1-17(2,12-21(3)4)11-19-14-10-20-22(16(23)15(14)18)13-8-6-5-7-9-13/h5-10,19H,11-12H2,1-4H3. The van der Waals surface area contributed by atoms with Crippen LogP contribution in [0.4, 0.5) is 5.69 Å². The van der Waals surface area contributed by atoms with Gasteiger partial charge in [-0.25, -0.2) is 0 Å². The maximum absolute atomic E-state index is 12.4. The normalized spacial score (nSPS) is 11.7. The van der Waals surface area contributed by atoms with Crippen LogP contribution in [0.2, 0.25) is 5.02 Å². The average Bonchev–Trinajstić information content (AvgIpc) is 2.48. The molecule has 0 fully saturated rings. The van der Waals surface area contributed by atoms with Crippen molar-refractivity contribution < 1.29 is 0 Å². The number of hydrogen-bond donors (Lipinski definition) is 1. The van der Waals surface area contributed by atoms with Gasteiger partial charge in [0.1, 0.15) is 5.02 Å². The Balaban J connectivity index is 2.20. The summed E-state index contributed by atoms with van der Waals surface area (Å²) in [6, 6.07) is 9.23. The Bertz CT molecular complexity index is 710. The average molecular weight is 335 g/mol. The molecule has 0 spiro atoms. The molecule has 0 aliphatic rings. The number of aromatic nitrogens is 2. The number of rotatable bonds is 6. The predicted octanol–water partition coefficient (Wildman–Crippen LogP) is 2.89. The number of nitrogens with zero attached hydrogens (tertiary/aromatic N) is 3. The lowest BCUT2D eigenvalue weighted by Gasteiger charge is -2.29. The first kappa shape index (κ1) is 17.5. The molecule has 0 aliphatic heterocycles. The highest BCUT2D eigenvalue weighted by Crippen LogP contribution is 2.21. The summed E-state index contributed by atoms with van der Waals surface area (Å²) in [7, 11) is 4.08. The van der Waals surface area contributed by atoms with Crippen LogP contribution in [-0.4, -0.2) is 41.9 Å². The predicted molar refractivity (Wildman–Crippen MR) is 95.7 cm³/mol. The molecule has 0 atom stereocenters. The Hall–Kier alpha value is -1.85. The van der Waals surface area contributed by atoms with Crippen LogP contribution in [0.15, 0.2) is 41.3 Å². The summed E-state index contributed by atoms with van der Waals surface area (Å²) in [5.41, 5.74) is 0.976. The van der Waals surface area contributed by atoms with E-state index in [0.29, 0.717) is 17.9 Å². The molecule has 1 aromatic carbocycles. The van der Waals surface area contributed by atoms with E-state index < -0.39 is 0 Å². The Kier molecular flexibility index (Phi) is 5.44. The van der Waals surface area contributed by atoms with E-state index in [1.54, 1.807) is 6.20 Å². The minimum Gasteiger partial charge on any atom is -0.382 e. The highest BCUT2D eigenvalue weighted by molar-refractivity contribution is 6.32. The Morgan fingerprint density at radius 3 is 2.52 bits per heavy atom. The number of hydrogen-bond acceptors (Lipinski definition) is 4. The third-order valence-electron chi connectivity index (χ3n) is 3.42. The second kappa shape index (κ2) is 7.15. The third-order valence-corrected chi connectivity index (χ3v) is 3.79. The molecule has 0 aliphatic carbocycles. The first-order valence-corrected chi connectivity index (χ1v) is 7.90. The van der Waals surface area contributed by atoms with Gasteiger partial charge in [0.25, 0.3) is 5.56 Å². The van der Waals surface area contributed by atoms with Crippen molar-refractivity contribution in [3.05, 3.63) is 51.9 Å². The number of anilines is 1. The highest BCUT2D eigenvalue weighted by atomic mass is 35.5. The molecule has 0 amide bonds. The number of nitrogens with one attached hydrogen (secondary N) is 1. The molecule has 5 nitrogen and oxygen atoms in total. The van der Waals surface area contributed by atoms with Crippen LogP contribution >= 0.6 is 11.6 Å². The van der Waals surface area contributed by atoms with Crippen LogP contribution < -0.4 is 10.9 Å². The van der Waals surface area contributed by atoms with Gasteiger partial charge in [-0.1, -0.05) is 43.6 Å². The van der Waals surface area contributed by atoms with E-state index in [0.717, 1.165) is 6.54 Å². The lowest BCUT2D eigenvalue weighted by molar-refractivity contribution is 0.254. The van der Waals surface area contributed by atoms with Gasteiger partial charge in [0.15, 0.2) is 0 Å². The van der Waals surface area contributed by atoms with E-state index >= 15 is 0 Å². The first-order chi connectivity index (χ1) is 10.8. The Morgan fingerprint density at radius 2 is 1.91 bits per heavy atom. The lowest BCUT2D eigenvalue weighted by atomic mass is 9.93. The zero-order valence-electron chi connectivity index (χ0n) is 14.0. The molecule has 2 rings (SSSR count). The van der Waals surface area contributed by atoms with E-state index in [-0.39, 0.29) is 16.0 Å². The zero-order valence-corrected chi connectivity index (χ0v) is 14.8. The fourth-order valence-corrected chi connectivity index (χ4v) is 2.75. The Labute approximate surface area is 141 Å². The largest absolute Gasteiger partial charge is 0.382 e. The maximum Gasteiger partial charge on any atom is 0.292 e. The van der Waals surface area contributed by atoms with E-state index in [1.807, 2.05) is 44.4 Å². The van der Waals surface area contributed by atoms with Crippen LogP contribution in [0.5, 0.6) is 0 Å². The molecule has 124 valence electrons. The molecular formula is C17H23ClN4O. The zero-order chi connectivity index (χ0) is 17.0. The number of halogens is 1. The van der Waals surface area contributed by atoms with Gasteiger partial charge in [0.05, 0.1) is 17.6 Å². The highest BCUT2D eigenvalue weighted by Gasteiger charge is 2.20. The molecule has 2 aromatic rings. The number of para-hydroxylation sites is 1. The molecular weight excluding hydrogens is 312 g/mol. The summed E-state index contributed by atoms with van der Waals surface area (Å²) >= 11 is 6.24. The van der Waals surface area contributed by atoms with Crippen molar-refractivity contribution >= 4 is 17.3 Å². The summed E-state index contributed by atoms with van der Waals surface area (Å²) in [6.45, 7) is 5.94. The van der Waals surface area contributed by atoms with Gasteiger partial charge >= 0.3 is 0 Å². The quantitative estimate of drug-likeness (QED) is 0.882. The second-order valence-corrected chi connectivity index (χ2v) is 7.06. The van der Waals surface area contributed by atoms with Crippen LogP contribution in [0.25, 0.3) is 5.69 Å². The van der Waals surface area contributed by atoms with Gasteiger partial charge in [-0.2, -0.15) is 9.78 Å². The number of benzene rings is 1. The van der Waals surface area contributed by atoms with E-state index in [9.17, 15) is 4.79 Å². The molecule has 1 N–H and O–H groups in total. The molecule has 0 radical (unpaired) electrons. The van der Waals surface area contributed by atoms with Crippen molar-refractivity contribution in [2.24, 2.45) is 5.41 Å². The summed E-state index contributed by atoms with van der Waals surface area (Å²) in [6.07, 6.45) is 1.60. The molecule has 1 aromatic heterocycles. The van der Waals surface area contributed by atoms with Crippen molar-refractivity contribution in [1.82, 2.24) is 14.7 Å². The monoisotopic (exact) mass is 334 g/mol. The third kappa shape index (κ3) is 4.56. The summed E-state index contributed by atoms with van der Waals surface area (Å²) in [5.74, 6) is 0. The maximum atomic E-state index is 12.4. The molecule has 0 unspecified atom stereocenters. The van der Waals surface area contributed by atoms with Crippen LogP contribution in [0.1, 0.15) is 13.8 Å². The van der Waals surface area contributed by atoms with Crippen molar-refractivity contribution in [3.63, 3.8) is 0 Å². The Morgan fingerprint density at radius 1 is 1.26 bits per heavy atom. The molecule has 0 bridgehead atoms. The van der Waals surface area contributed by atoms with E-state index in [2.05, 4.69) is 29.2 Å². The van der Waals surface area contributed by atoms with Gasteiger partial charge in [0.2, 0.25) is 0 Å². The van der Waals surface area contributed by atoms with Gasteiger partial charge < -0.3 is 10.2 Å². The van der Waals surface area contributed by atoms with E-state index in [1.165, 1.54) is 4.68 Å². The van der Waals surface area contributed by atoms with Crippen LogP contribution in [0, 0.1) is 5.41 Å². The van der Waals surface area contributed by atoms with Crippen molar-refractivity contribution in [1.29, 1.82) is 0 Å². The van der Waals surface area contributed by atoms with Gasteiger partial charge in [-0.15, -0.1) is 0 Å². The summed E-state index contributed by atoms with van der Waals surface area (Å²) in [4.78, 5) is 14.5. The van der Waals surface area contributed by atoms with E-state index in [4.69, 9.17) is 11.6 Å². The topological polar surface area (TPSA) is 50.2 Å².